The maximum absolute atomic E-state index is 13.4. The fourth-order valence-electron chi connectivity index (χ4n) is 4.92. The summed E-state index contributed by atoms with van der Waals surface area (Å²) in [6.45, 7) is -0.0643. The zero-order chi connectivity index (χ0) is 28.6. The molecule has 40 heavy (non-hydrogen) atoms. The monoisotopic (exact) mass is 556 g/mol. The van der Waals surface area contributed by atoms with E-state index in [1.54, 1.807) is 30.3 Å². The molecule has 3 atom stereocenters. The van der Waals surface area contributed by atoms with Crippen molar-refractivity contribution in [2.24, 2.45) is 0 Å². The van der Waals surface area contributed by atoms with E-state index in [1.807, 2.05) is 0 Å². The van der Waals surface area contributed by atoms with Gasteiger partial charge in [0.15, 0.2) is 35.4 Å². The highest BCUT2D eigenvalue weighted by molar-refractivity contribution is 6.14. The second-order valence-corrected chi connectivity index (χ2v) is 8.86. The van der Waals surface area contributed by atoms with Crippen LogP contribution in [-0.2, 0) is 30.3 Å². The van der Waals surface area contributed by atoms with E-state index in [4.69, 9.17) is 42.6 Å². The van der Waals surface area contributed by atoms with E-state index in [-0.39, 0.29) is 24.7 Å². The van der Waals surface area contributed by atoms with Crippen LogP contribution in [0.5, 0.6) is 28.7 Å². The van der Waals surface area contributed by atoms with E-state index in [0.717, 1.165) is 0 Å². The molecule has 212 valence electrons. The summed E-state index contributed by atoms with van der Waals surface area (Å²) in [7, 11) is 6.79. The van der Waals surface area contributed by atoms with Crippen LogP contribution in [0.25, 0.3) is 21.9 Å². The predicted molar refractivity (Wildman–Crippen MR) is 138 cm³/mol. The van der Waals surface area contributed by atoms with Gasteiger partial charge in [0.25, 0.3) is 0 Å². The zero-order valence-corrected chi connectivity index (χ0v) is 22.5. The Morgan fingerprint density at radius 1 is 0.850 bits per heavy atom. The van der Waals surface area contributed by atoms with Gasteiger partial charge < -0.3 is 47.7 Å². The van der Waals surface area contributed by atoms with Crippen molar-refractivity contribution in [2.45, 2.75) is 25.1 Å². The average Bonchev–Trinajstić information content (AvgIpc) is 3.60. The predicted octanol–water partition coefficient (Wildman–Crippen LogP) is 2.82. The summed E-state index contributed by atoms with van der Waals surface area (Å²) < 4.78 is 48.9. The minimum Gasteiger partial charge on any atom is -0.493 e. The molecule has 3 unspecified atom stereocenters. The van der Waals surface area contributed by atoms with Gasteiger partial charge >= 0.3 is 11.9 Å². The molecule has 12 heteroatoms. The maximum Gasteiger partial charge on any atom is 0.343 e. The number of cyclic esters (lactones) is 1. The lowest BCUT2D eigenvalue weighted by molar-refractivity contribution is -0.199. The molecule has 0 saturated heterocycles. The van der Waals surface area contributed by atoms with Gasteiger partial charge in [-0.25, -0.2) is 9.59 Å². The van der Waals surface area contributed by atoms with Crippen molar-refractivity contribution in [3.63, 3.8) is 0 Å². The Balaban J connectivity index is 1.75. The van der Waals surface area contributed by atoms with Gasteiger partial charge in [0, 0.05) is 37.8 Å². The molecule has 0 spiro atoms. The van der Waals surface area contributed by atoms with Crippen LogP contribution in [0.2, 0.25) is 0 Å². The Hall–Kier alpha value is -4.10. The summed E-state index contributed by atoms with van der Waals surface area (Å²) in [5.74, 6) is 0.430. The Labute approximate surface area is 229 Å². The molecule has 0 radical (unpaired) electrons. The molecule has 0 amide bonds. The third-order valence-corrected chi connectivity index (χ3v) is 6.86. The molecule has 2 aliphatic heterocycles. The summed E-state index contributed by atoms with van der Waals surface area (Å²) in [4.78, 5) is 26.6. The Morgan fingerprint density at radius 2 is 1.55 bits per heavy atom. The van der Waals surface area contributed by atoms with Gasteiger partial charge in [0.2, 0.25) is 6.79 Å². The molecule has 2 heterocycles. The lowest BCUT2D eigenvalue weighted by Crippen LogP contribution is -2.47. The second kappa shape index (κ2) is 11.2. The Kier molecular flexibility index (Phi) is 7.68. The minimum absolute atomic E-state index is 0.0649. The van der Waals surface area contributed by atoms with Gasteiger partial charge in [-0.1, -0.05) is 6.07 Å². The molecular formula is C28H28O12. The van der Waals surface area contributed by atoms with Crippen LogP contribution in [0, 0.1) is 0 Å². The SMILES string of the molecule is COc1cc2c(OC(=O)C(OC)C(OC)C(O)OC)c3c(c(-c4ccc5c(c4)OCO5)c2cc1OC)C(=O)OC3. The highest BCUT2D eigenvalue weighted by atomic mass is 16.7. The average molecular weight is 557 g/mol. The van der Waals surface area contributed by atoms with Crippen LogP contribution in [-0.4, -0.2) is 77.9 Å². The van der Waals surface area contributed by atoms with Gasteiger partial charge in [0.05, 0.1) is 19.8 Å². The maximum atomic E-state index is 13.4. The van der Waals surface area contributed by atoms with Crippen molar-refractivity contribution in [2.75, 3.05) is 42.3 Å². The van der Waals surface area contributed by atoms with E-state index >= 15 is 0 Å². The van der Waals surface area contributed by atoms with E-state index in [0.29, 0.717) is 50.5 Å². The Morgan fingerprint density at radius 3 is 2.20 bits per heavy atom. The first kappa shape index (κ1) is 27.5. The molecule has 2 aliphatic rings. The third-order valence-electron chi connectivity index (χ3n) is 6.86. The van der Waals surface area contributed by atoms with Crippen LogP contribution in [0.15, 0.2) is 30.3 Å². The largest absolute Gasteiger partial charge is 0.493 e. The molecule has 5 rings (SSSR count). The number of hydrogen-bond acceptors (Lipinski definition) is 12. The normalized spacial score (nSPS) is 15.8. The lowest BCUT2D eigenvalue weighted by Gasteiger charge is -2.27. The van der Waals surface area contributed by atoms with Crippen molar-refractivity contribution < 1.29 is 57.3 Å². The molecule has 3 aromatic rings. The van der Waals surface area contributed by atoms with Gasteiger partial charge in [-0.05, 0) is 35.2 Å². The zero-order valence-electron chi connectivity index (χ0n) is 22.5. The molecule has 0 aromatic heterocycles. The molecule has 0 aliphatic carbocycles. The molecule has 0 bridgehead atoms. The highest BCUT2D eigenvalue weighted by Gasteiger charge is 2.39. The first-order valence-electron chi connectivity index (χ1n) is 12.2. The molecular weight excluding hydrogens is 528 g/mol. The van der Waals surface area contributed by atoms with Crippen molar-refractivity contribution in [3.05, 3.63) is 41.5 Å². The molecule has 0 saturated carbocycles. The molecule has 0 fully saturated rings. The number of aliphatic hydroxyl groups is 1. The van der Waals surface area contributed by atoms with Crippen LogP contribution in [0.1, 0.15) is 15.9 Å². The van der Waals surface area contributed by atoms with Crippen LogP contribution in [0.3, 0.4) is 0 Å². The second-order valence-electron chi connectivity index (χ2n) is 8.86. The summed E-state index contributed by atoms with van der Waals surface area (Å²) in [6.07, 6.45) is -4.06. The van der Waals surface area contributed by atoms with E-state index in [2.05, 4.69) is 0 Å². The molecule has 3 aromatic carbocycles. The number of esters is 2. The summed E-state index contributed by atoms with van der Waals surface area (Å²) in [6, 6.07) is 8.65. The number of rotatable bonds is 10. The third kappa shape index (κ3) is 4.54. The summed E-state index contributed by atoms with van der Waals surface area (Å²) in [5, 5.41) is 11.2. The van der Waals surface area contributed by atoms with Gasteiger partial charge in [-0.3, -0.25) is 0 Å². The first-order valence-corrected chi connectivity index (χ1v) is 12.2. The standard InChI is InChI=1S/C28H28O12/c1-32-18-9-14-15(10-19(18)33-2)23(40-28(31)25(35-4)24(34-3)27(30)36-5)16-11-37-26(29)22(16)21(14)13-6-7-17-20(8-13)39-12-38-17/h6-10,24-25,27,30H,11-12H2,1-5H3. The van der Waals surface area contributed by atoms with Crippen molar-refractivity contribution >= 4 is 22.7 Å². The quantitative estimate of drug-likeness (QED) is 0.223. The van der Waals surface area contributed by atoms with Crippen molar-refractivity contribution in [1.29, 1.82) is 0 Å². The van der Waals surface area contributed by atoms with E-state index in [9.17, 15) is 14.7 Å². The topological polar surface area (TPSA) is 137 Å². The number of methoxy groups -OCH3 is 5. The number of benzene rings is 3. The first-order chi connectivity index (χ1) is 19.4. The fourth-order valence-corrected chi connectivity index (χ4v) is 4.92. The van der Waals surface area contributed by atoms with E-state index < -0.39 is 30.4 Å². The van der Waals surface area contributed by atoms with Crippen LogP contribution >= 0.6 is 0 Å². The molecule has 1 N–H and O–H groups in total. The van der Waals surface area contributed by atoms with Crippen LogP contribution in [0.4, 0.5) is 0 Å². The number of carbonyl (C=O) groups is 2. The smallest absolute Gasteiger partial charge is 0.343 e. The lowest BCUT2D eigenvalue weighted by atomic mass is 9.89. The highest BCUT2D eigenvalue weighted by Crippen LogP contribution is 2.49. The van der Waals surface area contributed by atoms with Gasteiger partial charge in [-0.15, -0.1) is 0 Å². The van der Waals surface area contributed by atoms with Crippen LogP contribution < -0.4 is 23.7 Å². The summed E-state index contributed by atoms with van der Waals surface area (Å²) >= 11 is 0. The number of ether oxygens (including phenoxy) is 9. The van der Waals surface area contributed by atoms with Gasteiger partial charge in [0.1, 0.15) is 18.5 Å². The number of fused-ring (bicyclic) bond motifs is 3. The van der Waals surface area contributed by atoms with Crippen molar-refractivity contribution in [3.8, 4) is 39.9 Å². The summed E-state index contributed by atoms with van der Waals surface area (Å²) in [5.41, 5.74) is 1.74. The number of aliphatic hydroxyl groups excluding tert-OH is 1. The number of carbonyl (C=O) groups excluding carboxylic acids is 2. The Bertz CT molecular complexity index is 1470. The van der Waals surface area contributed by atoms with Crippen molar-refractivity contribution in [1.82, 2.24) is 0 Å². The minimum atomic E-state index is -1.48. The van der Waals surface area contributed by atoms with Gasteiger partial charge in [-0.2, -0.15) is 0 Å². The number of hydrogen-bond donors (Lipinski definition) is 1. The fraction of sp³-hybridized carbons (Fsp3) is 0.357. The van der Waals surface area contributed by atoms with E-state index in [1.165, 1.54) is 35.5 Å². The molecule has 12 nitrogen and oxygen atoms in total.